The molecule has 4 heteroatoms. The first kappa shape index (κ1) is 10.1. The lowest BCUT2D eigenvalue weighted by atomic mass is 10.3. The van der Waals surface area contributed by atoms with Crippen LogP contribution in [0.5, 0.6) is 0 Å². The fourth-order valence-corrected chi connectivity index (χ4v) is 1.56. The molecule has 0 radical (unpaired) electrons. The highest BCUT2D eigenvalue weighted by Gasteiger charge is 1.99. The molecule has 1 heterocycles. The molecule has 2 rings (SSSR count). The van der Waals surface area contributed by atoms with Crippen molar-refractivity contribution in [2.45, 2.75) is 6.92 Å². The Bertz CT molecular complexity index is 454. The molecule has 0 amide bonds. The van der Waals surface area contributed by atoms with E-state index in [9.17, 15) is 0 Å². The van der Waals surface area contributed by atoms with Crippen LogP contribution in [0, 0.1) is 6.92 Å². The lowest BCUT2D eigenvalue weighted by Gasteiger charge is -2.07. The molecule has 76 valence electrons. The van der Waals surface area contributed by atoms with Crippen molar-refractivity contribution < 1.29 is 0 Å². The number of rotatable bonds is 2. The van der Waals surface area contributed by atoms with Crippen molar-refractivity contribution in [1.82, 2.24) is 9.97 Å². The molecule has 2 aromatic rings. The van der Waals surface area contributed by atoms with Crippen LogP contribution < -0.4 is 5.32 Å². The summed E-state index contributed by atoms with van der Waals surface area (Å²) in [6.45, 7) is 1.86. The summed E-state index contributed by atoms with van der Waals surface area (Å²) in [4.78, 5) is 8.23. The molecule has 0 unspecified atom stereocenters. The van der Waals surface area contributed by atoms with Gasteiger partial charge in [-0.2, -0.15) is 0 Å². The van der Waals surface area contributed by atoms with Crippen molar-refractivity contribution in [1.29, 1.82) is 0 Å². The minimum Gasteiger partial charge on any atom is -0.352 e. The fraction of sp³-hybridized carbons (Fsp3) is 0.0909. The second-order valence-electron chi connectivity index (χ2n) is 3.12. The third-order valence-corrected chi connectivity index (χ3v) is 2.63. The van der Waals surface area contributed by atoms with Gasteiger partial charge in [0.05, 0.1) is 23.8 Å². The number of hydrogen-bond acceptors (Lipinski definition) is 3. The third kappa shape index (κ3) is 2.53. The van der Waals surface area contributed by atoms with Gasteiger partial charge in [0.1, 0.15) is 5.82 Å². The Balaban J connectivity index is 2.22. The lowest BCUT2D eigenvalue weighted by molar-refractivity contribution is 1.05. The van der Waals surface area contributed by atoms with E-state index in [2.05, 4.69) is 31.2 Å². The second kappa shape index (κ2) is 4.40. The molecule has 0 fully saturated rings. The minimum atomic E-state index is 0.771. The lowest BCUT2D eigenvalue weighted by Crippen LogP contribution is -1.94. The smallest absolute Gasteiger partial charge is 0.125 e. The number of aryl methyl sites for hydroxylation is 1. The quantitative estimate of drug-likeness (QED) is 0.904. The molecule has 0 spiro atoms. The number of aromatic nitrogens is 2. The maximum Gasteiger partial charge on any atom is 0.125 e. The van der Waals surface area contributed by atoms with Crippen LogP contribution >= 0.6 is 15.9 Å². The molecule has 15 heavy (non-hydrogen) atoms. The van der Waals surface area contributed by atoms with Crippen LogP contribution in [-0.2, 0) is 0 Å². The number of nitrogens with one attached hydrogen (secondary N) is 1. The monoisotopic (exact) mass is 263 g/mol. The number of halogens is 1. The largest absolute Gasteiger partial charge is 0.352 e. The Morgan fingerprint density at radius 1 is 1.13 bits per heavy atom. The Hall–Kier alpha value is -1.42. The number of benzene rings is 1. The highest BCUT2D eigenvalue weighted by atomic mass is 79.9. The first-order chi connectivity index (χ1) is 7.25. The van der Waals surface area contributed by atoms with Crippen molar-refractivity contribution >= 4 is 27.3 Å². The van der Waals surface area contributed by atoms with E-state index in [1.807, 2.05) is 31.2 Å². The summed E-state index contributed by atoms with van der Waals surface area (Å²) >= 11 is 3.46. The van der Waals surface area contributed by atoms with Crippen LogP contribution in [0.2, 0.25) is 0 Å². The summed E-state index contributed by atoms with van der Waals surface area (Å²) < 4.78 is 1.02. The van der Waals surface area contributed by atoms with Gasteiger partial charge in [-0.15, -0.1) is 0 Å². The number of anilines is 2. The van der Waals surface area contributed by atoms with Gasteiger partial charge in [-0.3, -0.25) is 0 Å². The summed E-state index contributed by atoms with van der Waals surface area (Å²) in [5.74, 6) is 0.771. The molecule has 1 aromatic heterocycles. The van der Waals surface area contributed by atoms with Crippen molar-refractivity contribution in [3.05, 3.63) is 47.0 Å². The van der Waals surface area contributed by atoms with Gasteiger partial charge >= 0.3 is 0 Å². The first-order valence-corrected chi connectivity index (χ1v) is 5.35. The predicted molar refractivity (Wildman–Crippen MR) is 64.2 cm³/mol. The zero-order valence-corrected chi connectivity index (χ0v) is 9.82. The maximum absolute atomic E-state index is 4.12. The van der Waals surface area contributed by atoms with Crippen molar-refractivity contribution in [2.24, 2.45) is 0 Å². The van der Waals surface area contributed by atoms with Crippen molar-refractivity contribution in [3.63, 3.8) is 0 Å². The normalized spacial score (nSPS) is 10.0. The molecule has 0 atom stereocenters. The number of para-hydroxylation sites is 1. The molecule has 0 aliphatic carbocycles. The molecule has 0 aliphatic rings. The molecule has 1 N–H and O–H groups in total. The average Bonchev–Trinajstić information content (AvgIpc) is 2.25. The summed E-state index contributed by atoms with van der Waals surface area (Å²) in [5, 5.41) is 3.23. The first-order valence-electron chi connectivity index (χ1n) is 4.56. The van der Waals surface area contributed by atoms with Crippen LogP contribution in [0.15, 0.2) is 41.1 Å². The topological polar surface area (TPSA) is 37.8 Å². The molecular formula is C11H10BrN3. The highest BCUT2D eigenvalue weighted by Crippen LogP contribution is 2.24. The maximum atomic E-state index is 4.12. The third-order valence-electron chi connectivity index (χ3n) is 1.93. The molecule has 0 aliphatic heterocycles. The van der Waals surface area contributed by atoms with E-state index < -0.39 is 0 Å². The van der Waals surface area contributed by atoms with Crippen LogP contribution in [0.3, 0.4) is 0 Å². The van der Waals surface area contributed by atoms with Crippen LogP contribution in [-0.4, -0.2) is 9.97 Å². The molecule has 0 bridgehead atoms. The molecule has 1 aromatic carbocycles. The van der Waals surface area contributed by atoms with E-state index in [-0.39, 0.29) is 0 Å². The van der Waals surface area contributed by atoms with Crippen molar-refractivity contribution in [2.75, 3.05) is 5.32 Å². The zero-order valence-electron chi connectivity index (χ0n) is 8.24. The molecule has 0 saturated carbocycles. The Labute approximate surface area is 96.7 Å². The van der Waals surface area contributed by atoms with Crippen LogP contribution in [0.25, 0.3) is 0 Å². The van der Waals surface area contributed by atoms with Gasteiger partial charge in [-0.05, 0) is 35.0 Å². The van der Waals surface area contributed by atoms with Gasteiger partial charge in [0.25, 0.3) is 0 Å². The van der Waals surface area contributed by atoms with Gasteiger partial charge in [0.15, 0.2) is 0 Å². The van der Waals surface area contributed by atoms with Crippen LogP contribution in [0.4, 0.5) is 11.4 Å². The zero-order chi connectivity index (χ0) is 10.7. The molecular weight excluding hydrogens is 254 g/mol. The Morgan fingerprint density at radius 3 is 2.47 bits per heavy atom. The van der Waals surface area contributed by atoms with Gasteiger partial charge in [-0.25, -0.2) is 9.97 Å². The summed E-state index contributed by atoms with van der Waals surface area (Å²) in [6.07, 6.45) is 3.53. The van der Waals surface area contributed by atoms with E-state index in [1.165, 1.54) is 0 Å². The Kier molecular flexibility index (Phi) is 2.97. The van der Waals surface area contributed by atoms with E-state index in [0.717, 1.165) is 21.7 Å². The summed E-state index contributed by atoms with van der Waals surface area (Å²) in [7, 11) is 0. The second-order valence-corrected chi connectivity index (χ2v) is 3.98. The van der Waals surface area contributed by atoms with Gasteiger partial charge < -0.3 is 5.32 Å². The van der Waals surface area contributed by atoms with Gasteiger partial charge in [0.2, 0.25) is 0 Å². The molecule has 0 saturated heterocycles. The SMILES string of the molecule is Cc1ncc(Nc2ccccc2Br)cn1. The standard InChI is InChI=1S/C11H10BrN3/c1-8-13-6-9(7-14-8)15-11-5-3-2-4-10(11)12/h2-7,15H,1H3. The average molecular weight is 264 g/mol. The minimum absolute atomic E-state index is 0.771. The highest BCUT2D eigenvalue weighted by molar-refractivity contribution is 9.10. The van der Waals surface area contributed by atoms with Gasteiger partial charge in [-0.1, -0.05) is 12.1 Å². The number of hydrogen-bond donors (Lipinski definition) is 1. The summed E-state index contributed by atoms with van der Waals surface area (Å²) in [6, 6.07) is 7.92. The summed E-state index contributed by atoms with van der Waals surface area (Å²) in [5.41, 5.74) is 1.89. The Morgan fingerprint density at radius 2 is 1.80 bits per heavy atom. The van der Waals surface area contributed by atoms with Gasteiger partial charge in [0, 0.05) is 4.47 Å². The molecule has 3 nitrogen and oxygen atoms in total. The van der Waals surface area contributed by atoms with Crippen LogP contribution in [0.1, 0.15) is 5.82 Å². The van der Waals surface area contributed by atoms with E-state index in [1.54, 1.807) is 12.4 Å². The predicted octanol–water partition coefficient (Wildman–Crippen LogP) is 3.29. The van der Waals surface area contributed by atoms with E-state index in [0.29, 0.717) is 0 Å². The van der Waals surface area contributed by atoms with E-state index in [4.69, 9.17) is 0 Å². The van der Waals surface area contributed by atoms with Crippen molar-refractivity contribution in [3.8, 4) is 0 Å². The number of nitrogens with zero attached hydrogens (tertiary/aromatic N) is 2. The van der Waals surface area contributed by atoms with E-state index >= 15 is 0 Å². The fourth-order valence-electron chi connectivity index (χ4n) is 1.18.